The van der Waals surface area contributed by atoms with Crippen molar-refractivity contribution in [3.8, 4) is 0 Å². The molecule has 5 rings (SSSR count). The third kappa shape index (κ3) is 10.8. The summed E-state index contributed by atoms with van der Waals surface area (Å²) in [5, 5.41) is 78.3. The number of aliphatic hydroxyl groups excluding tert-OH is 4. The van der Waals surface area contributed by atoms with E-state index in [1.807, 2.05) is 0 Å². The molecule has 21 heteroatoms. The van der Waals surface area contributed by atoms with Crippen molar-refractivity contribution in [3.63, 3.8) is 0 Å². The number of aliphatic carboxylic acids is 1. The van der Waals surface area contributed by atoms with Gasteiger partial charge in [-0.15, -0.1) is 6.58 Å². The average molecular weight is 859 g/mol. The van der Waals surface area contributed by atoms with E-state index in [9.17, 15) is 45.3 Å². The number of esters is 1. The van der Waals surface area contributed by atoms with E-state index in [-0.39, 0.29) is 67.9 Å². The van der Waals surface area contributed by atoms with Gasteiger partial charge in [-0.25, -0.2) is 9.59 Å². The number of ether oxygens (including phenoxy) is 5. The van der Waals surface area contributed by atoms with Crippen LogP contribution in [0.5, 0.6) is 0 Å². The number of carboxylic acids is 1. The zero-order valence-corrected chi connectivity index (χ0v) is 33.8. The van der Waals surface area contributed by atoms with Gasteiger partial charge < -0.3 is 70.5 Å². The Balaban J connectivity index is 1.59. The highest BCUT2D eigenvalue weighted by Crippen LogP contribution is 2.40. The van der Waals surface area contributed by atoms with Crippen molar-refractivity contribution >= 4 is 39.5 Å². The Bertz CT molecular complexity index is 1610. The summed E-state index contributed by atoms with van der Waals surface area (Å²) in [7, 11) is 4.71. The van der Waals surface area contributed by atoms with Crippen LogP contribution in [0.3, 0.4) is 0 Å². The van der Waals surface area contributed by atoms with Crippen LogP contribution in [0, 0.1) is 17.8 Å². The molecule has 324 valence electrons. The second-order valence-corrected chi connectivity index (χ2v) is 17.1. The molecule has 4 heterocycles. The molecule has 1 saturated heterocycles. The topological polar surface area (TPSA) is 289 Å². The summed E-state index contributed by atoms with van der Waals surface area (Å²) in [5.41, 5.74) is 6.73. The Kier molecular flexibility index (Phi) is 17.0. The number of nitrogens with two attached hydrogens (primary N) is 1. The molecule has 0 aromatic carbocycles. The molecule has 4 aliphatic heterocycles. The van der Waals surface area contributed by atoms with Gasteiger partial charge >= 0.3 is 11.9 Å². The number of aliphatic hydroxyl groups is 6. The molecule has 0 aromatic rings. The van der Waals surface area contributed by atoms with Crippen molar-refractivity contribution in [3.05, 3.63) is 59.7 Å². The molecule has 1 saturated carbocycles. The minimum Gasteiger partial charge on any atom is -0.477 e. The first-order valence-corrected chi connectivity index (χ1v) is 21.6. The Labute approximate surface area is 344 Å². The molecule has 0 radical (unpaired) electrons. The Morgan fingerprint density at radius 2 is 1.97 bits per heavy atom. The summed E-state index contributed by atoms with van der Waals surface area (Å²) in [6, 6.07) is -0.394. The monoisotopic (exact) mass is 858 g/mol. The Morgan fingerprint density at radius 1 is 1.19 bits per heavy atom. The smallest absolute Gasteiger partial charge is 0.343 e. The van der Waals surface area contributed by atoms with Gasteiger partial charge in [0, 0.05) is 36.3 Å². The number of nitrogens with zero attached hydrogens (tertiary/aromatic N) is 1. The van der Waals surface area contributed by atoms with Gasteiger partial charge in [-0.2, -0.15) is 0 Å². The summed E-state index contributed by atoms with van der Waals surface area (Å²) in [4.78, 5) is 31.8. The summed E-state index contributed by atoms with van der Waals surface area (Å²) in [6.45, 7) is 2.99. The molecular weight excluding hydrogens is 803 g/mol. The number of carboxylic acid groups (broad SMARTS) is 1. The second-order valence-electron chi connectivity index (χ2n) is 14.5. The average Bonchev–Trinajstić information content (AvgIpc) is 3.64. The number of aliphatic imine (C=N–C) groups is 1. The molecule has 5 aliphatic rings. The maximum atomic E-state index is 14.1. The predicted molar refractivity (Wildman–Crippen MR) is 211 cm³/mol. The standard InChI is InChI=1S/C37H55N5O14S2/c1-3-23-24-9-8-20-12-42(13-25(32(47)48)29(20)41-36(38)40-10-5-11-43)22(14-44)18-58-57-17-21-6-4-7-27(21)54-33(49)26(24)16-52-34(23)56-35-31(53-19-39-2)37(50,51)30(46)28(15-45)55-35/h3,8-9,13,16,21-24,27-28,30-31,34-35,39,43-46,50-51H,1,4-7,10-12,14-15,17-19H2,2H3,(H,47,48)(H3,38,40,41)/p+1. The molecule has 19 nitrogen and oxygen atoms in total. The first-order chi connectivity index (χ1) is 27.9. The van der Waals surface area contributed by atoms with Gasteiger partial charge in [0.15, 0.2) is 18.4 Å². The van der Waals surface area contributed by atoms with Crippen LogP contribution in [0.1, 0.15) is 25.7 Å². The molecule has 2 fully saturated rings. The zero-order valence-electron chi connectivity index (χ0n) is 32.2. The van der Waals surface area contributed by atoms with Gasteiger partial charge in [-0.1, -0.05) is 39.8 Å². The Hall–Kier alpha value is -3.03. The van der Waals surface area contributed by atoms with Crippen molar-refractivity contribution < 1.29 is 73.9 Å². The summed E-state index contributed by atoms with van der Waals surface area (Å²) in [6.07, 6.45) is 1.71. The summed E-state index contributed by atoms with van der Waals surface area (Å²) < 4.78 is 29.7. The zero-order chi connectivity index (χ0) is 42.0. The lowest BCUT2D eigenvalue weighted by atomic mass is 9.83. The molecule has 0 aromatic heterocycles. The van der Waals surface area contributed by atoms with Gasteiger partial charge in [-0.3, -0.25) is 15.2 Å². The number of carbonyl (C=O) groups excluding carboxylic acids is 1. The Morgan fingerprint density at radius 3 is 2.66 bits per heavy atom. The number of fused-ring (bicyclic) bond motifs is 4. The molecule has 58 heavy (non-hydrogen) atoms. The number of quaternary nitrogens is 1. The minimum atomic E-state index is -2.94. The number of hydrogen-bond acceptors (Lipinski definition) is 17. The van der Waals surface area contributed by atoms with Crippen molar-refractivity contribution in [2.24, 2.45) is 28.5 Å². The van der Waals surface area contributed by atoms with Crippen LogP contribution in [0.15, 0.2) is 64.7 Å². The molecule has 12 N–H and O–H groups in total. The lowest BCUT2D eigenvalue weighted by Crippen LogP contribution is -3.13. The molecule has 1 aliphatic carbocycles. The predicted octanol–water partition coefficient (Wildman–Crippen LogP) is -2.59. The van der Waals surface area contributed by atoms with Gasteiger partial charge in [0.2, 0.25) is 12.1 Å². The van der Waals surface area contributed by atoms with E-state index in [1.54, 1.807) is 40.8 Å². The maximum Gasteiger partial charge on any atom is 0.343 e. The first kappa shape index (κ1) is 46.0. The van der Waals surface area contributed by atoms with Crippen LogP contribution in [-0.2, 0) is 33.3 Å². The SMILES string of the molecule is C=CC1C(OC2OC(CO)C(O)C(O)(O)C2OCNC)OC=C2C(=O)OC3CCCC3CSSCC(CO)[NH+]3C=C(C(=O)O)C(NC(N)=NCCCO)=C(C=CC21)C3. The van der Waals surface area contributed by atoms with Gasteiger partial charge in [-0.05, 0) is 32.7 Å². The molecule has 11 unspecified atom stereocenters. The van der Waals surface area contributed by atoms with Crippen LogP contribution < -0.4 is 21.3 Å². The molecule has 0 spiro atoms. The highest BCUT2D eigenvalue weighted by Gasteiger charge is 2.57. The van der Waals surface area contributed by atoms with Crippen LogP contribution in [-0.4, -0.2) is 161 Å². The fourth-order valence-electron chi connectivity index (χ4n) is 7.46. The van der Waals surface area contributed by atoms with E-state index in [2.05, 4.69) is 22.2 Å². The number of nitrogens with one attached hydrogen (secondary N) is 3. The molecule has 0 amide bonds. The number of hydrogen-bond donors (Lipinski definition) is 11. The summed E-state index contributed by atoms with van der Waals surface area (Å²) in [5.74, 6) is -5.51. The quantitative estimate of drug-likeness (QED) is 0.0172. The van der Waals surface area contributed by atoms with Crippen molar-refractivity contribution in [1.29, 1.82) is 0 Å². The van der Waals surface area contributed by atoms with Crippen molar-refractivity contribution in [2.45, 2.75) is 74.5 Å². The van der Waals surface area contributed by atoms with E-state index in [4.69, 9.17) is 29.4 Å². The van der Waals surface area contributed by atoms with E-state index in [0.29, 0.717) is 34.8 Å². The highest BCUT2D eigenvalue weighted by molar-refractivity contribution is 8.76. The molecule has 2 bridgehead atoms. The van der Waals surface area contributed by atoms with Gasteiger partial charge in [0.1, 0.15) is 42.7 Å². The number of guanidine groups is 1. The van der Waals surface area contributed by atoms with Crippen LogP contribution in [0.2, 0.25) is 0 Å². The van der Waals surface area contributed by atoms with E-state index in [1.165, 1.54) is 18.5 Å². The number of allylic oxidation sites excluding steroid dienone is 1. The number of carbonyl (C=O) groups is 2. The van der Waals surface area contributed by atoms with Crippen LogP contribution in [0.25, 0.3) is 0 Å². The van der Waals surface area contributed by atoms with E-state index >= 15 is 0 Å². The lowest BCUT2D eigenvalue weighted by Gasteiger charge is -2.47. The highest BCUT2D eigenvalue weighted by atomic mass is 33.1. The minimum absolute atomic E-state index is 0.0749. The summed E-state index contributed by atoms with van der Waals surface area (Å²) >= 11 is 0. The van der Waals surface area contributed by atoms with Gasteiger partial charge in [0.05, 0.1) is 49.1 Å². The normalized spacial score (nSPS) is 34.5. The largest absolute Gasteiger partial charge is 0.477 e. The third-order valence-electron chi connectivity index (χ3n) is 10.7. The van der Waals surface area contributed by atoms with Crippen molar-refractivity contribution in [1.82, 2.24) is 10.6 Å². The van der Waals surface area contributed by atoms with Crippen LogP contribution in [0.4, 0.5) is 0 Å². The van der Waals surface area contributed by atoms with E-state index < -0.39 is 73.1 Å². The fourth-order valence-corrected chi connectivity index (χ4v) is 10.3. The lowest BCUT2D eigenvalue weighted by molar-refractivity contribution is -0.867. The third-order valence-corrected chi connectivity index (χ3v) is 13.3. The van der Waals surface area contributed by atoms with Gasteiger partial charge in [0.25, 0.3) is 0 Å². The first-order valence-electron chi connectivity index (χ1n) is 19.1. The van der Waals surface area contributed by atoms with Crippen LogP contribution >= 0.6 is 21.6 Å². The molecular formula is C37H56N5O14S2+. The van der Waals surface area contributed by atoms with Crippen molar-refractivity contribution in [2.75, 3.05) is 58.2 Å². The van der Waals surface area contributed by atoms with E-state index in [0.717, 1.165) is 12.8 Å². The fraction of sp³-hybridized carbons (Fsp3) is 0.649. The molecule has 11 atom stereocenters. The maximum absolute atomic E-state index is 14.1. The number of rotatable bonds is 13. The second kappa shape index (κ2) is 21.5.